The first-order valence-corrected chi connectivity index (χ1v) is 7.26. The van der Waals surface area contributed by atoms with Crippen molar-refractivity contribution in [1.29, 1.82) is 0 Å². The second-order valence-electron chi connectivity index (χ2n) is 4.43. The molecule has 0 aliphatic carbocycles. The van der Waals surface area contributed by atoms with E-state index < -0.39 is 6.10 Å². The van der Waals surface area contributed by atoms with Crippen molar-refractivity contribution >= 4 is 23.1 Å². The molecular weight excluding hydrogens is 292 g/mol. The first-order valence-electron chi connectivity index (χ1n) is 6.38. The van der Waals surface area contributed by atoms with E-state index in [1.807, 2.05) is 17.5 Å². The second kappa shape index (κ2) is 6.02. The molecule has 3 N–H and O–H groups in total. The number of rotatable bonds is 4. The number of thiophene rings is 1. The standard InChI is InChI=1S/C14H14N2O4S/c17-10(13-2-1-5-21-13)7-15-14(18)16-9-3-4-11-12(6-9)20-8-19-11/h1-6,10,17H,7-8H2,(H2,15,16,18). The Kier molecular flexibility index (Phi) is 3.94. The molecule has 110 valence electrons. The quantitative estimate of drug-likeness (QED) is 0.810. The van der Waals surface area contributed by atoms with E-state index in [0.717, 1.165) is 4.88 Å². The summed E-state index contributed by atoms with van der Waals surface area (Å²) in [5.74, 6) is 1.26. The molecule has 2 amide bonds. The second-order valence-corrected chi connectivity index (χ2v) is 5.41. The van der Waals surface area contributed by atoms with Crippen molar-refractivity contribution in [1.82, 2.24) is 5.32 Å². The maximum atomic E-state index is 11.8. The molecule has 0 spiro atoms. The fourth-order valence-corrected chi connectivity index (χ4v) is 2.63. The van der Waals surface area contributed by atoms with Crippen molar-refractivity contribution in [3.8, 4) is 11.5 Å². The number of aliphatic hydroxyl groups excluding tert-OH is 1. The Morgan fingerprint density at radius 2 is 2.19 bits per heavy atom. The van der Waals surface area contributed by atoms with Gasteiger partial charge < -0.3 is 25.2 Å². The summed E-state index contributed by atoms with van der Waals surface area (Å²) in [5.41, 5.74) is 0.599. The average Bonchev–Trinajstić information content (AvgIpc) is 3.15. The van der Waals surface area contributed by atoms with Gasteiger partial charge in [-0.2, -0.15) is 0 Å². The molecule has 2 aromatic rings. The van der Waals surface area contributed by atoms with Gasteiger partial charge in [-0.3, -0.25) is 0 Å². The van der Waals surface area contributed by atoms with Crippen molar-refractivity contribution < 1.29 is 19.4 Å². The van der Waals surface area contributed by atoms with Gasteiger partial charge in [0.1, 0.15) is 6.10 Å². The van der Waals surface area contributed by atoms with E-state index in [0.29, 0.717) is 17.2 Å². The van der Waals surface area contributed by atoms with Crippen molar-refractivity contribution in [2.75, 3.05) is 18.7 Å². The van der Waals surface area contributed by atoms with Gasteiger partial charge in [-0.05, 0) is 23.6 Å². The summed E-state index contributed by atoms with van der Waals surface area (Å²) in [6.45, 7) is 0.342. The maximum Gasteiger partial charge on any atom is 0.319 e. The van der Waals surface area contributed by atoms with E-state index in [1.54, 1.807) is 18.2 Å². The molecule has 1 aromatic carbocycles. The summed E-state index contributed by atoms with van der Waals surface area (Å²) < 4.78 is 10.4. The highest BCUT2D eigenvalue weighted by molar-refractivity contribution is 7.10. The van der Waals surface area contributed by atoms with E-state index in [1.165, 1.54) is 11.3 Å². The van der Waals surface area contributed by atoms with Gasteiger partial charge >= 0.3 is 6.03 Å². The van der Waals surface area contributed by atoms with Crippen molar-refractivity contribution in [3.05, 3.63) is 40.6 Å². The van der Waals surface area contributed by atoms with Crippen LogP contribution in [0.4, 0.5) is 10.5 Å². The van der Waals surface area contributed by atoms with Gasteiger partial charge in [-0.1, -0.05) is 6.07 Å². The first-order chi connectivity index (χ1) is 10.2. The van der Waals surface area contributed by atoms with Crippen LogP contribution in [0, 0.1) is 0 Å². The monoisotopic (exact) mass is 306 g/mol. The van der Waals surface area contributed by atoms with Gasteiger partial charge in [0.05, 0.1) is 6.54 Å². The van der Waals surface area contributed by atoms with Crippen LogP contribution >= 0.6 is 11.3 Å². The Bertz CT molecular complexity index is 630. The molecule has 2 heterocycles. The third kappa shape index (κ3) is 3.26. The molecule has 6 nitrogen and oxygen atoms in total. The summed E-state index contributed by atoms with van der Waals surface area (Å²) >= 11 is 1.45. The molecule has 0 saturated heterocycles. The third-order valence-corrected chi connectivity index (χ3v) is 3.93. The number of urea groups is 1. The minimum absolute atomic E-state index is 0.150. The molecule has 1 aliphatic heterocycles. The zero-order valence-corrected chi connectivity index (χ0v) is 11.9. The molecule has 21 heavy (non-hydrogen) atoms. The first kappa shape index (κ1) is 13.7. The minimum Gasteiger partial charge on any atom is -0.454 e. The molecule has 0 bridgehead atoms. The van der Waals surface area contributed by atoms with Crippen molar-refractivity contribution in [2.24, 2.45) is 0 Å². The number of anilines is 1. The van der Waals surface area contributed by atoms with Gasteiger partial charge in [-0.15, -0.1) is 11.3 Å². The van der Waals surface area contributed by atoms with Crippen LogP contribution < -0.4 is 20.1 Å². The Labute approximate surface area is 125 Å². The van der Waals surface area contributed by atoms with Gasteiger partial charge in [0.15, 0.2) is 11.5 Å². The molecule has 1 aliphatic rings. The fourth-order valence-electron chi connectivity index (χ4n) is 1.92. The highest BCUT2D eigenvalue weighted by Gasteiger charge is 2.14. The molecular formula is C14H14N2O4S. The average molecular weight is 306 g/mol. The number of benzene rings is 1. The Balaban J connectivity index is 1.52. The lowest BCUT2D eigenvalue weighted by atomic mass is 10.3. The number of carbonyl (C=O) groups excluding carboxylic acids is 1. The number of fused-ring (bicyclic) bond motifs is 1. The van der Waals surface area contributed by atoms with E-state index in [-0.39, 0.29) is 19.4 Å². The topological polar surface area (TPSA) is 79.8 Å². The molecule has 1 aromatic heterocycles. The van der Waals surface area contributed by atoms with Crippen LogP contribution in [0.15, 0.2) is 35.7 Å². The molecule has 0 saturated carbocycles. The van der Waals surface area contributed by atoms with E-state index in [9.17, 15) is 9.90 Å². The lowest BCUT2D eigenvalue weighted by Gasteiger charge is -2.11. The summed E-state index contributed by atoms with van der Waals surface area (Å²) in [7, 11) is 0. The van der Waals surface area contributed by atoms with E-state index >= 15 is 0 Å². The zero-order chi connectivity index (χ0) is 14.7. The number of aliphatic hydroxyl groups is 1. The fraction of sp³-hybridized carbons (Fsp3) is 0.214. The molecule has 3 rings (SSSR count). The number of carbonyl (C=O) groups is 1. The molecule has 1 atom stereocenters. The van der Waals surface area contributed by atoms with Crippen LogP contribution in [0.3, 0.4) is 0 Å². The maximum absolute atomic E-state index is 11.8. The number of amides is 2. The van der Waals surface area contributed by atoms with E-state index in [4.69, 9.17) is 9.47 Å². The molecule has 7 heteroatoms. The normalized spacial score (nSPS) is 13.8. The lowest BCUT2D eigenvalue weighted by molar-refractivity contribution is 0.174. The molecule has 0 radical (unpaired) electrons. The smallest absolute Gasteiger partial charge is 0.319 e. The number of hydrogen-bond acceptors (Lipinski definition) is 5. The predicted octanol–water partition coefficient (Wildman–Crippen LogP) is 2.33. The van der Waals surface area contributed by atoms with Crippen molar-refractivity contribution in [3.63, 3.8) is 0 Å². The predicted molar refractivity (Wildman–Crippen MR) is 78.9 cm³/mol. The van der Waals surface area contributed by atoms with Gasteiger partial charge in [0.2, 0.25) is 6.79 Å². The van der Waals surface area contributed by atoms with Gasteiger partial charge in [0, 0.05) is 16.6 Å². The Hall–Kier alpha value is -2.25. The largest absolute Gasteiger partial charge is 0.454 e. The summed E-state index contributed by atoms with van der Waals surface area (Å²) in [4.78, 5) is 12.6. The van der Waals surface area contributed by atoms with E-state index in [2.05, 4.69) is 10.6 Å². The Morgan fingerprint density at radius 3 is 3.00 bits per heavy atom. The zero-order valence-electron chi connectivity index (χ0n) is 11.0. The summed E-state index contributed by atoms with van der Waals surface area (Å²) in [6, 6.07) is 8.45. The van der Waals surface area contributed by atoms with Crippen LogP contribution in [-0.2, 0) is 0 Å². The number of nitrogens with one attached hydrogen (secondary N) is 2. The van der Waals surface area contributed by atoms with Crippen LogP contribution in [0.1, 0.15) is 11.0 Å². The van der Waals surface area contributed by atoms with Crippen LogP contribution in [0.25, 0.3) is 0 Å². The van der Waals surface area contributed by atoms with Gasteiger partial charge in [-0.25, -0.2) is 4.79 Å². The summed E-state index contributed by atoms with van der Waals surface area (Å²) in [6.07, 6.45) is -0.701. The number of hydrogen-bond donors (Lipinski definition) is 3. The third-order valence-electron chi connectivity index (χ3n) is 2.96. The molecule has 1 unspecified atom stereocenters. The highest BCUT2D eigenvalue weighted by atomic mass is 32.1. The SMILES string of the molecule is O=C(NCC(O)c1cccs1)Nc1ccc2c(c1)OCO2. The van der Waals surface area contributed by atoms with Crippen molar-refractivity contribution in [2.45, 2.75) is 6.10 Å². The summed E-state index contributed by atoms with van der Waals surface area (Å²) in [5, 5.41) is 17.1. The van der Waals surface area contributed by atoms with Crippen LogP contribution in [-0.4, -0.2) is 24.5 Å². The lowest BCUT2D eigenvalue weighted by Crippen LogP contribution is -2.32. The van der Waals surface area contributed by atoms with Gasteiger partial charge in [0.25, 0.3) is 0 Å². The van der Waals surface area contributed by atoms with Crippen LogP contribution in [0.5, 0.6) is 11.5 Å². The highest BCUT2D eigenvalue weighted by Crippen LogP contribution is 2.34. The van der Waals surface area contributed by atoms with Crippen LogP contribution in [0.2, 0.25) is 0 Å². The number of ether oxygens (including phenoxy) is 2. The molecule has 0 fully saturated rings. The Morgan fingerprint density at radius 1 is 1.33 bits per heavy atom. The minimum atomic E-state index is -0.701.